The number of esters is 1. The van der Waals surface area contributed by atoms with Gasteiger partial charge in [-0.25, -0.2) is 0 Å². The molecule has 2 N–H and O–H groups in total. The predicted molar refractivity (Wildman–Crippen MR) is 157 cm³/mol. The molecule has 3 aliphatic heterocycles. The Morgan fingerprint density at radius 2 is 1.61 bits per heavy atom. The quantitative estimate of drug-likeness (QED) is 0.218. The van der Waals surface area contributed by atoms with E-state index in [1.807, 2.05) is 77.7 Å². The summed E-state index contributed by atoms with van der Waals surface area (Å²) < 4.78 is 13.2. The molecular weight excluding hydrogens is 635 g/mol. The van der Waals surface area contributed by atoms with E-state index in [1.54, 1.807) is 25.1 Å². The van der Waals surface area contributed by atoms with Gasteiger partial charge in [0.25, 0.3) is 0 Å². The maximum atomic E-state index is 14.3. The summed E-state index contributed by atoms with van der Waals surface area (Å²) in [4.78, 5) is 43.6. The molecule has 1 spiro atoms. The van der Waals surface area contributed by atoms with Crippen molar-refractivity contribution in [3.05, 3.63) is 123 Å². The highest BCUT2D eigenvalue weighted by atomic mass is 127. The minimum Gasteiger partial charge on any atom is -0.481 e. The van der Waals surface area contributed by atoms with Crippen molar-refractivity contribution in [2.45, 2.75) is 36.6 Å². The predicted octanol–water partition coefficient (Wildman–Crippen LogP) is 5.55. The number of carbonyl (C=O) groups is 3. The van der Waals surface area contributed by atoms with Crippen LogP contribution in [0.15, 0.2) is 95.4 Å². The Labute approximate surface area is 249 Å². The molecule has 0 unspecified atom stereocenters. The highest BCUT2D eigenvalue weighted by molar-refractivity contribution is 14.1. The Morgan fingerprint density at radius 1 is 0.927 bits per heavy atom. The van der Waals surface area contributed by atoms with Crippen LogP contribution >= 0.6 is 22.6 Å². The number of cyclic esters (lactones) is 1. The fourth-order valence-electron chi connectivity index (χ4n) is 7.08. The first-order chi connectivity index (χ1) is 19.8. The summed E-state index contributed by atoms with van der Waals surface area (Å²) in [5.74, 6) is -2.84. The summed E-state index contributed by atoms with van der Waals surface area (Å²) in [7, 11) is 0. The molecule has 1 amide bonds. The lowest BCUT2D eigenvalue weighted by atomic mass is 9.66. The maximum absolute atomic E-state index is 14.3. The average Bonchev–Trinajstić information content (AvgIpc) is 3.62. The van der Waals surface area contributed by atoms with E-state index in [4.69, 9.17) is 9.15 Å². The SMILES string of the molecule is Cc1ccc([C@H]2N3[C@H](C(=O)O[C@H](c4ccccc4)[C@@H]3c3ccccc3)[C@@H](C(=O)O)[C@]23C(=O)Nc2ccc(I)cc23)o1. The molecule has 9 heteroatoms. The summed E-state index contributed by atoms with van der Waals surface area (Å²) in [6.07, 6.45) is -0.759. The third kappa shape index (κ3) is 3.71. The van der Waals surface area contributed by atoms with Crippen molar-refractivity contribution in [2.24, 2.45) is 5.92 Å². The minimum absolute atomic E-state index is 0.417. The molecule has 2 fully saturated rings. The fourth-order valence-corrected chi connectivity index (χ4v) is 7.57. The Balaban J connectivity index is 1.56. The van der Waals surface area contributed by atoms with Crippen molar-refractivity contribution < 1.29 is 28.6 Å². The number of benzene rings is 3. The number of amides is 1. The van der Waals surface area contributed by atoms with Gasteiger partial charge in [0.1, 0.15) is 35.0 Å². The zero-order valence-electron chi connectivity index (χ0n) is 21.9. The molecule has 8 nitrogen and oxygen atoms in total. The van der Waals surface area contributed by atoms with Gasteiger partial charge in [-0.15, -0.1) is 0 Å². The molecule has 4 aromatic rings. The van der Waals surface area contributed by atoms with Crippen LogP contribution < -0.4 is 5.32 Å². The number of morpholine rings is 1. The standard InChI is InChI=1S/C32H25IN2O6/c1-17-12-15-23(40-17)28-32(21-16-20(33)13-14-22(21)34-31(32)39)24(29(36)37)26-30(38)41-27(19-10-6-3-7-11-19)25(35(26)28)18-8-4-2-5-9-18/h2-16,24-28H,1H3,(H,34,39)(H,36,37)/t24-,25-,26-,27+,28+,32-/m0/s1. The molecule has 0 radical (unpaired) electrons. The van der Waals surface area contributed by atoms with Crippen LogP contribution in [0, 0.1) is 16.4 Å². The van der Waals surface area contributed by atoms with Gasteiger partial charge in [0.15, 0.2) is 0 Å². The Kier molecular flexibility index (Phi) is 6.05. The number of aliphatic carboxylic acids is 1. The van der Waals surface area contributed by atoms with Crippen molar-refractivity contribution in [3.8, 4) is 0 Å². The van der Waals surface area contributed by atoms with E-state index >= 15 is 0 Å². The van der Waals surface area contributed by atoms with Gasteiger partial charge in [0.2, 0.25) is 5.91 Å². The number of furan rings is 1. The highest BCUT2D eigenvalue weighted by Crippen LogP contribution is 2.64. The van der Waals surface area contributed by atoms with Crippen molar-refractivity contribution in [1.82, 2.24) is 4.90 Å². The zero-order chi connectivity index (χ0) is 28.5. The first-order valence-corrected chi connectivity index (χ1v) is 14.4. The van der Waals surface area contributed by atoms with Gasteiger partial charge >= 0.3 is 11.9 Å². The fraction of sp³-hybridized carbons (Fsp3) is 0.219. The number of rotatable bonds is 4. The number of nitrogens with one attached hydrogen (secondary N) is 1. The molecule has 206 valence electrons. The first-order valence-electron chi connectivity index (χ1n) is 13.3. The monoisotopic (exact) mass is 660 g/mol. The van der Waals surface area contributed by atoms with Crippen molar-refractivity contribution in [1.29, 1.82) is 0 Å². The largest absolute Gasteiger partial charge is 0.481 e. The molecule has 6 atom stereocenters. The normalized spacial score (nSPS) is 28.7. The molecular formula is C32H25IN2O6. The average molecular weight is 660 g/mol. The molecule has 0 aliphatic carbocycles. The number of anilines is 1. The molecule has 3 aromatic carbocycles. The van der Waals surface area contributed by atoms with E-state index < -0.39 is 53.4 Å². The van der Waals surface area contributed by atoms with Gasteiger partial charge in [-0.2, -0.15) is 0 Å². The van der Waals surface area contributed by atoms with Crippen LogP contribution in [0.1, 0.15) is 46.4 Å². The highest BCUT2D eigenvalue weighted by Gasteiger charge is 2.75. The molecule has 7 rings (SSSR count). The van der Waals surface area contributed by atoms with E-state index in [9.17, 15) is 19.5 Å². The molecule has 0 bridgehead atoms. The second kappa shape index (κ2) is 9.56. The second-order valence-electron chi connectivity index (χ2n) is 10.7. The Bertz CT molecular complexity index is 1690. The number of carboxylic acid groups (broad SMARTS) is 1. The number of halogens is 1. The summed E-state index contributed by atoms with van der Waals surface area (Å²) in [5.41, 5.74) is 0.982. The third-order valence-corrected chi connectivity index (χ3v) is 9.24. The number of nitrogens with zero attached hydrogens (tertiary/aromatic N) is 1. The summed E-state index contributed by atoms with van der Waals surface area (Å²) >= 11 is 2.16. The zero-order valence-corrected chi connectivity index (χ0v) is 24.0. The van der Waals surface area contributed by atoms with Crippen molar-refractivity contribution >= 4 is 46.1 Å². The lowest BCUT2D eigenvalue weighted by molar-refractivity contribution is -0.180. The number of carboxylic acids is 1. The second-order valence-corrected chi connectivity index (χ2v) is 11.9. The van der Waals surface area contributed by atoms with E-state index in [2.05, 4.69) is 27.9 Å². The molecule has 0 saturated carbocycles. The van der Waals surface area contributed by atoms with Gasteiger partial charge in [0, 0.05) is 9.26 Å². The molecule has 41 heavy (non-hydrogen) atoms. The topological polar surface area (TPSA) is 109 Å². The number of aryl methyl sites for hydroxylation is 1. The van der Waals surface area contributed by atoms with Crippen molar-refractivity contribution in [2.75, 3.05) is 5.32 Å². The van der Waals surface area contributed by atoms with E-state index in [1.165, 1.54) is 0 Å². The third-order valence-electron chi connectivity index (χ3n) is 8.57. The van der Waals surface area contributed by atoms with Crippen LogP contribution in [0.5, 0.6) is 0 Å². The van der Waals surface area contributed by atoms with Crippen molar-refractivity contribution in [3.63, 3.8) is 0 Å². The van der Waals surface area contributed by atoms with Gasteiger partial charge in [-0.3, -0.25) is 19.3 Å². The number of hydrogen-bond donors (Lipinski definition) is 2. The van der Waals surface area contributed by atoms with E-state index in [0.29, 0.717) is 22.8 Å². The van der Waals surface area contributed by atoms with E-state index in [0.717, 1.165) is 14.7 Å². The summed E-state index contributed by atoms with van der Waals surface area (Å²) in [6.45, 7) is 1.80. The number of ether oxygens (including phenoxy) is 1. The molecule has 1 aromatic heterocycles. The number of fused-ring (bicyclic) bond motifs is 3. The molecule has 3 aliphatic rings. The van der Waals surface area contributed by atoms with Crippen LogP contribution in [-0.4, -0.2) is 33.9 Å². The maximum Gasteiger partial charge on any atom is 0.325 e. The van der Waals surface area contributed by atoms with Gasteiger partial charge in [-0.1, -0.05) is 60.7 Å². The summed E-state index contributed by atoms with van der Waals surface area (Å²) in [6, 6.07) is 25.2. The van der Waals surface area contributed by atoms with Crippen LogP contribution in [0.3, 0.4) is 0 Å². The van der Waals surface area contributed by atoms with Crippen LogP contribution in [-0.2, 0) is 24.5 Å². The Hall–Kier alpha value is -3.96. The van der Waals surface area contributed by atoms with Crippen LogP contribution in [0.4, 0.5) is 5.69 Å². The number of carbonyl (C=O) groups excluding carboxylic acids is 2. The van der Waals surface area contributed by atoms with Gasteiger partial charge in [0.05, 0.1) is 12.1 Å². The Morgan fingerprint density at radius 3 is 2.24 bits per heavy atom. The molecule has 4 heterocycles. The summed E-state index contributed by atoms with van der Waals surface area (Å²) in [5, 5.41) is 13.8. The van der Waals surface area contributed by atoms with Gasteiger partial charge in [-0.05, 0) is 76.5 Å². The lowest BCUT2D eigenvalue weighted by Crippen LogP contribution is -2.52. The number of hydrogen-bond acceptors (Lipinski definition) is 6. The molecule has 2 saturated heterocycles. The smallest absolute Gasteiger partial charge is 0.325 e. The first kappa shape index (κ1) is 26.0. The van der Waals surface area contributed by atoms with Crippen LogP contribution in [0.2, 0.25) is 0 Å². The lowest BCUT2D eigenvalue weighted by Gasteiger charge is -2.45. The van der Waals surface area contributed by atoms with Crippen LogP contribution in [0.25, 0.3) is 0 Å². The van der Waals surface area contributed by atoms with E-state index in [-0.39, 0.29) is 0 Å². The van der Waals surface area contributed by atoms with Gasteiger partial charge < -0.3 is 19.6 Å². The minimum atomic E-state index is -1.67.